The molecule has 0 aromatic carbocycles. The maximum absolute atomic E-state index is 10.8. The fraction of sp³-hybridized carbons (Fsp3) is 1.00. The van der Waals surface area contributed by atoms with Crippen molar-refractivity contribution in [3.05, 3.63) is 0 Å². The second-order valence-electron chi connectivity index (χ2n) is 17.1. The molecule has 1 N–H and O–H groups in total. The number of hydrogen-bond donors (Lipinski definition) is 1. The summed E-state index contributed by atoms with van der Waals surface area (Å²) < 4.78 is 6.89. The van der Waals surface area contributed by atoms with Gasteiger partial charge in [0.2, 0.25) is 0 Å². The summed E-state index contributed by atoms with van der Waals surface area (Å²) in [6.45, 7) is 24.8. The fourth-order valence-corrected chi connectivity index (χ4v) is 13.5. The summed E-state index contributed by atoms with van der Waals surface area (Å²) in [4.78, 5) is 0. The largest absolute Gasteiger partial charge is 0.388 e. The molecule has 1 saturated heterocycles. The van der Waals surface area contributed by atoms with Gasteiger partial charge < -0.3 is 9.84 Å². The zero-order valence-electron chi connectivity index (χ0n) is 24.8. The first-order valence-electron chi connectivity index (χ1n) is 15.4. The zero-order valence-corrected chi connectivity index (χ0v) is 24.8. The lowest BCUT2D eigenvalue weighted by molar-refractivity contribution is -0.196. The SMILES string of the molecule is C[C@H]1C[C@@]2(C)C3C[C@H](C)[C@H]4C(C)(C)[C@@H](C)CCC45C[C@@]35CC[C@]2(C)[C@H]1[C@@]1(C)CC[C@@H](C(C)(C)O)O1. The van der Waals surface area contributed by atoms with Crippen LogP contribution < -0.4 is 0 Å². The molecule has 35 heavy (non-hydrogen) atoms. The highest BCUT2D eigenvalue weighted by atomic mass is 16.5. The van der Waals surface area contributed by atoms with Crippen LogP contribution in [-0.2, 0) is 4.74 Å². The molecule has 6 aliphatic rings. The molecule has 6 fully saturated rings. The standard InChI is InChI=1S/C33H56O2/c1-20-17-23-30(9)18-21(2)26(31(10)13-12-24(35-31)28(6,7)34)29(30,8)15-16-32(23)19-33(32)14-11-22(3)27(4,5)25(20)33/h20-26,34H,11-19H2,1-10H3/t20-,21-,22-,23?,24-,25-,26-,29+,30-,31+,32-,33?/m0/s1. The van der Waals surface area contributed by atoms with Crippen LogP contribution in [0.25, 0.3) is 0 Å². The number of fused-ring (bicyclic) bond motifs is 2. The predicted octanol–water partition coefficient (Wildman–Crippen LogP) is 8.26. The molecule has 2 unspecified atom stereocenters. The van der Waals surface area contributed by atoms with Gasteiger partial charge in [-0.2, -0.15) is 0 Å². The summed E-state index contributed by atoms with van der Waals surface area (Å²) in [5, 5.41) is 10.8. The van der Waals surface area contributed by atoms with Crippen molar-refractivity contribution in [3.8, 4) is 0 Å². The maximum atomic E-state index is 10.8. The lowest BCUT2D eigenvalue weighted by atomic mass is 9.39. The zero-order chi connectivity index (χ0) is 25.6. The monoisotopic (exact) mass is 484 g/mol. The molecule has 2 spiro atoms. The van der Waals surface area contributed by atoms with Crippen LogP contribution in [-0.4, -0.2) is 22.4 Å². The topological polar surface area (TPSA) is 29.5 Å². The highest BCUT2D eigenvalue weighted by Crippen LogP contribution is 2.90. The molecule has 0 aromatic rings. The van der Waals surface area contributed by atoms with Crippen molar-refractivity contribution in [1.29, 1.82) is 0 Å². The van der Waals surface area contributed by atoms with E-state index in [1.54, 1.807) is 0 Å². The Kier molecular flexibility index (Phi) is 4.98. The van der Waals surface area contributed by atoms with E-state index in [9.17, 15) is 5.11 Å². The van der Waals surface area contributed by atoms with Crippen molar-refractivity contribution in [2.75, 3.05) is 0 Å². The first-order valence-corrected chi connectivity index (χ1v) is 15.4. The van der Waals surface area contributed by atoms with Crippen LogP contribution in [0, 0.1) is 62.6 Å². The molecule has 200 valence electrons. The van der Waals surface area contributed by atoms with Gasteiger partial charge in [0.15, 0.2) is 0 Å². The second kappa shape index (κ2) is 6.91. The van der Waals surface area contributed by atoms with Gasteiger partial charge in [-0.05, 0) is 141 Å². The molecular weight excluding hydrogens is 428 g/mol. The van der Waals surface area contributed by atoms with Crippen LogP contribution in [0.4, 0.5) is 0 Å². The van der Waals surface area contributed by atoms with Crippen molar-refractivity contribution in [2.24, 2.45) is 62.6 Å². The molecule has 2 nitrogen and oxygen atoms in total. The average Bonchev–Trinajstić information content (AvgIpc) is 3.08. The Labute approximate surface area is 216 Å². The number of rotatable bonds is 2. The first-order chi connectivity index (χ1) is 16.0. The summed E-state index contributed by atoms with van der Waals surface area (Å²) >= 11 is 0. The molecule has 0 aromatic heterocycles. The Bertz CT molecular complexity index is 901. The Morgan fingerprint density at radius 2 is 1.46 bits per heavy atom. The summed E-state index contributed by atoms with van der Waals surface area (Å²) in [5.41, 5.74) is 1.63. The van der Waals surface area contributed by atoms with Crippen LogP contribution >= 0.6 is 0 Å². The van der Waals surface area contributed by atoms with Crippen molar-refractivity contribution in [2.45, 2.75) is 144 Å². The van der Waals surface area contributed by atoms with E-state index in [-0.39, 0.29) is 11.7 Å². The van der Waals surface area contributed by atoms with Crippen LogP contribution in [0.3, 0.4) is 0 Å². The van der Waals surface area contributed by atoms with Crippen molar-refractivity contribution in [1.82, 2.24) is 0 Å². The Morgan fingerprint density at radius 1 is 0.771 bits per heavy atom. The molecule has 2 heteroatoms. The van der Waals surface area contributed by atoms with E-state index in [4.69, 9.17) is 4.74 Å². The highest BCUT2D eigenvalue weighted by Gasteiger charge is 2.83. The third kappa shape index (κ3) is 2.81. The Hall–Kier alpha value is -0.0800. The molecule has 0 radical (unpaired) electrons. The molecule has 0 amide bonds. The van der Waals surface area contributed by atoms with Gasteiger partial charge in [0.1, 0.15) is 0 Å². The maximum Gasteiger partial charge on any atom is 0.0865 e. The fourth-order valence-electron chi connectivity index (χ4n) is 13.5. The summed E-state index contributed by atoms with van der Waals surface area (Å²) in [5.74, 6) is 4.79. The minimum Gasteiger partial charge on any atom is -0.388 e. The quantitative estimate of drug-likeness (QED) is 0.427. The third-order valence-electron chi connectivity index (χ3n) is 15.0. The first kappa shape index (κ1) is 25.2. The molecule has 12 atom stereocenters. The number of hydrogen-bond acceptors (Lipinski definition) is 2. The molecule has 1 aliphatic heterocycles. The van der Waals surface area contributed by atoms with Crippen LogP contribution in [0.2, 0.25) is 0 Å². The normalized spacial score (nSPS) is 60.9. The van der Waals surface area contributed by atoms with E-state index < -0.39 is 5.60 Å². The van der Waals surface area contributed by atoms with E-state index in [0.29, 0.717) is 38.9 Å². The van der Waals surface area contributed by atoms with Crippen molar-refractivity contribution in [3.63, 3.8) is 0 Å². The van der Waals surface area contributed by atoms with Crippen molar-refractivity contribution < 1.29 is 9.84 Å². The number of aliphatic hydroxyl groups is 1. The minimum atomic E-state index is -0.750. The molecule has 5 aliphatic carbocycles. The molecular formula is C33H56O2. The van der Waals surface area contributed by atoms with Gasteiger partial charge in [-0.3, -0.25) is 0 Å². The van der Waals surface area contributed by atoms with E-state index in [2.05, 4.69) is 55.4 Å². The molecule has 5 saturated carbocycles. The molecule has 0 bridgehead atoms. The van der Waals surface area contributed by atoms with Gasteiger partial charge in [-0.25, -0.2) is 0 Å². The smallest absolute Gasteiger partial charge is 0.0865 e. The highest BCUT2D eigenvalue weighted by molar-refractivity contribution is 5.32. The van der Waals surface area contributed by atoms with Gasteiger partial charge in [0, 0.05) is 0 Å². The lowest BCUT2D eigenvalue weighted by Gasteiger charge is -2.65. The van der Waals surface area contributed by atoms with E-state index in [1.165, 1.54) is 44.9 Å². The van der Waals surface area contributed by atoms with Gasteiger partial charge in [0.05, 0.1) is 17.3 Å². The van der Waals surface area contributed by atoms with Gasteiger partial charge in [-0.15, -0.1) is 0 Å². The summed E-state index contributed by atoms with van der Waals surface area (Å²) in [6.07, 6.45) is 12.2. The van der Waals surface area contributed by atoms with Crippen molar-refractivity contribution >= 4 is 0 Å². The van der Waals surface area contributed by atoms with Crippen LogP contribution in [0.5, 0.6) is 0 Å². The lowest BCUT2D eigenvalue weighted by Crippen LogP contribution is -2.60. The Balaban J connectivity index is 1.37. The summed E-state index contributed by atoms with van der Waals surface area (Å²) in [7, 11) is 0. The number of ether oxygens (including phenoxy) is 1. The van der Waals surface area contributed by atoms with Gasteiger partial charge in [0.25, 0.3) is 0 Å². The Morgan fingerprint density at radius 3 is 2.09 bits per heavy atom. The van der Waals surface area contributed by atoms with Gasteiger partial charge in [-0.1, -0.05) is 48.5 Å². The predicted molar refractivity (Wildman–Crippen MR) is 144 cm³/mol. The van der Waals surface area contributed by atoms with E-state index in [0.717, 1.165) is 36.5 Å². The summed E-state index contributed by atoms with van der Waals surface area (Å²) in [6, 6.07) is 0. The average molecular weight is 485 g/mol. The van der Waals surface area contributed by atoms with Crippen LogP contribution in [0.15, 0.2) is 0 Å². The van der Waals surface area contributed by atoms with Crippen LogP contribution in [0.1, 0.15) is 127 Å². The van der Waals surface area contributed by atoms with Gasteiger partial charge >= 0.3 is 0 Å². The second-order valence-corrected chi connectivity index (χ2v) is 17.1. The third-order valence-corrected chi connectivity index (χ3v) is 15.0. The molecule has 1 heterocycles. The minimum absolute atomic E-state index is 0.0290. The molecule has 6 rings (SSSR count). The van der Waals surface area contributed by atoms with E-state index in [1.807, 2.05) is 13.8 Å². The van der Waals surface area contributed by atoms with E-state index >= 15 is 0 Å².